The van der Waals surface area contributed by atoms with Crippen LogP contribution in [0.25, 0.3) is 17.7 Å². The minimum Gasteiger partial charge on any atom is -0.478 e. The normalized spacial score (nSPS) is 10.9. The summed E-state index contributed by atoms with van der Waals surface area (Å²) in [5.41, 5.74) is 8.55. The van der Waals surface area contributed by atoms with Gasteiger partial charge in [0.2, 0.25) is 0 Å². The highest BCUT2D eigenvalue weighted by Crippen LogP contribution is 2.34. The molecule has 0 aromatic heterocycles. The minimum atomic E-state index is -1.01. The zero-order valence-electron chi connectivity index (χ0n) is 19.4. The molecule has 0 radical (unpaired) electrons. The Kier molecular flexibility index (Phi) is 6.74. The number of aryl methyl sites for hydroxylation is 2. The molecule has 3 nitrogen and oxygen atoms in total. The van der Waals surface area contributed by atoms with Crippen LogP contribution in [0, 0.1) is 13.8 Å². The fourth-order valence-electron chi connectivity index (χ4n) is 3.68. The maximum absolute atomic E-state index is 11.1. The number of carboxylic acid groups (broad SMARTS) is 1. The van der Waals surface area contributed by atoms with E-state index in [1.165, 1.54) is 11.1 Å². The number of carboxylic acids is 1. The Bertz CT molecular complexity index is 1270. The summed E-state index contributed by atoms with van der Waals surface area (Å²) in [6.45, 7) is 7.79. The number of aliphatic carboxylic acids is 1. The average molecular weight is 446 g/mol. The van der Waals surface area contributed by atoms with Crippen molar-refractivity contribution in [1.29, 1.82) is 0 Å². The zero-order chi connectivity index (χ0) is 24.1. The van der Waals surface area contributed by atoms with E-state index in [4.69, 9.17) is 5.11 Å². The third-order valence-electron chi connectivity index (χ3n) is 5.72. The maximum Gasteiger partial charge on any atom is 0.335 e. The Hall–Kier alpha value is -4.37. The molecule has 0 saturated heterocycles. The molecule has 0 heterocycles. The molecule has 0 aliphatic rings. The van der Waals surface area contributed by atoms with Crippen molar-refractivity contribution < 1.29 is 9.90 Å². The van der Waals surface area contributed by atoms with E-state index >= 15 is 0 Å². The first-order valence-electron chi connectivity index (χ1n) is 11.1. The van der Waals surface area contributed by atoms with Gasteiger partial charge in [-0.1, -0.05) is 90.5 Å². The summed E-state index contributed by atoms with van der Waals surface area (Å²) in [4.78, 5) is 13.3. The van der Waals surface area contributed by atoms with Crippen LogP contribution in [0.4, 0.5) is 17.1 Å². The molecule has 0 bridgehead atoms. The van der Waals surface area contributed by atoms with Gasteiger partial charge in [-0.3, -0.25) is 0 Å². The van der Waals surface area contributed by atoms with Crippen LogP contribution < -0.4 is 4.90 Å². The van der Waals surface area contributed by atoms with Crippen LogP contribution in [0.15, 0.2) is 104 Å². The lowest BCUT2D eigenvalue weighted by Crippen LogP contribution is -2.09. The lowest BCUT2D eigenvalue weighted by molar-refractivity contribution is -0.130. The second kappa shape index (κ2) is 10.1. The van der Waals surface area contributed by atoms with Gasteiger partial charge in [0.15, 0.2) is 0 Å². The zero-order valence-corrected chi connectivity index (χ0v) is 19.4. The predicted octanol–water partition coefficient (Wildman–Crippen LogP) is 8.04. The molecule has 1 N–H and O–H groups in total. The fourth-order valence-corrected chi connectivity index (χ4v) is 3.68. The summed E-state index contributed by atoms with van der Waals surface area (Å²) < 4.78 is 0. The lowest BCUT2D eigenvalue weighted by atomic mass is 10.0. The Labute approximate surface area is 200 Å². The number of hydrogen-bond donors (Lipinski definition) is 1. The molecule has 0 aliphatic heterocycles. The van der Waals surface area contributed by atoms with Gasteiger partial charge in [-0.25, -0.2) is 4.79 Å². The molecular formula is C31H27NO2. The highest BCUT2D eigenvalue weighted by molar-refractivity contribution is 6.14. The molecule has 4 aromatic rings. The van der Waals surface area contributed by atoms with E-state index in [1.807, 2.05) is 24.3 Å². The van der Waals surface area contributed by atoms with Crippen molar-refractivity contribution in [3.63, 3.8) is 0 Å². The average Bonchev–Trinajstić information content (AvgIpc) is 2.86. The first kappa shape index (κ1) is 22.8. The van der Waals surface area contributed by atoms with E-state index in [1.54, 1.807) is 12.1 Å². The molecule has 3 heteroatoms. The summed E-state index contributed by atoms with van der Waals surface area (Å²) >= 11 is 0. The smallest absolute Gasteiger partial charge is 0.335 e. The van der Waals surface area contributed by atoms with Crippen LogP contribution in [0.1, 0.15) is 27.8 Å². The van der Waals surface area contributed by atoms with Gasteiger partial charge in [-0.05, 0) is 66.9 Å². The van der Waals surface area contributed by atoms with Gasteiger partial charge in [0.1, 0.15) is 0 Å². The van der Waals surface area contributed by atoms with Gasteiger partial charge in [0.05, 0.1) is 5.57 Å². The third-order valence-corrected chi connectivity index (χ3v) is 5.72. The maximum atomic E-state index is 11.1. The number of hydrogen-bond acceptors (Lipinski definition) is 2. The lowest BCUT2D eigenvalue weighted by Gasteiger charge is -2.25. The standard InChI is InChI=1S/C31H27NO2/c1-22-4-16-28(17-5-22)32(29-18-6-23(2)7-19-29)30-20-12-26(13-21-30)9-8-25-10-14-27(15-11-25)24(3)31(33)34/h4-21H,3H2,1-2H3,(H,33,34)/b9-8+. The number of carbonyl (C=O) groups is 1. The molecule has 4 rings (SSSR count). The second-order valence-corrected chi connectivity index (χ2v) is 8.34. The van der Waals surface area contributed by atoms with Gasteiger partial charge < -0.3 is 10.0 Å². The summed E-state index contributed by atoms with van der Waals surface area (Å²) in [6.07, 6.45) is 4.06. The molecule has 0 aliphatic carbocycles. The van der Waals surface area contributed by atoms with Crippen LogP contribution in [0.5, 0.6) is 0 Å². The van der Waals surface area contributed by atoms with Crippen LogP contribution in [0.2, 0.25) is 0 Å². The van der Waals surface area contributed by atoms with Crippen molar-refractivity contribution in [2.24, 2.45) is 0 Å². The minimum absolute atomic E-state index is 0.0952. The summed E-state index contributed by atoms with van der Waals surface area (Å²) in [7, 11) is 0. The van der Waals surface area contributed by atoms with Crippen LogP contribution in [0.3, 0.4) is 0 Å². The first-order chi connectivity index (χ1) is 16.4. The van der Waals surface area contributed by atoms with Crippen molar-refractivity contribution in [2.75, 3.05) is 4.90 Å². The fraction of sp³-hybridized carbons (Fsp3) is 0.0645. The highest BCUT2D eigenvalue weighted by atomic mass is 16.4. The Balaban J connectivity index is 1.57. The topological polar surface area (TPSA) is 40.5 Å². The highest BCUT2D eigenvalue weighted by Gasteiger charge is 2.12. The first-order valence-corrected chi connectivity index (χ1v) is 11.1. The van der Waals surface area contributed by atoms with Crippen LogP contribution in [-0.2, 0) is 4.79 Å². The summed E-state index contributed by atoms with van der Waals surface area (Å²) in [6, 6.07) is 32.9. The van der Waals surface area contributed by atoms with Crippen molar-refractivity contribution in [2.45, 2.75) is 13.8 Å². The third kappa shape index (κ3) is 5.33. The SMILES string of the molecule is C=C(C(=O)O)c1ccc(/C=C/c2ccc(N(c3ccc(C)cc3)c3ccc(C)cc3)cc2)cc1. The van der Waals surface area contributed by atoms with E-state index in [0.29, 0.717) is 5.56 Å². The Morgan fingerprint density at radius 2 is 1.00 bits per heavy atom. The van der Waals surface area contributed by atoms with E-state index in [2.05, 4.69) is 98.1 Å². The Morgan fingerprint density at radius 3 is 1.38 bits per heavy atom. The summed E-state index contributed by atoms with van der Waals surface area (Å²) in [5, 5.41) is 9.07. The van der Waals surface area contributed by atoms with Crippen molar-refractivity contribution in [3.8, 4) is 0 Å². The molecule has 0 saturated carbocycles. The van der Waals surface area contributed by atoms with Gasteiger partial charge in [0.25, 0.3) is 0 Å². The second-order valence-electron chi connectivity index (χ2n) is 8.34. The van der Waals surface area contributed by atoms with Gasteiger partial charge in [0, 0.05) is 17.1 Å². The molecular weight excluding hydrogens is 418 g/mol. The monoisotopic (exact) mass is 445 g/mol. The van der Waals surface area contributed by atoms with Gasteiger partial charge in [-0.15, -0.1) is 0 Å². The van der Waals surface area contributed by atoms with Crippen LogP contribution >= 0.6 is 0 Å². The van der Waals surface area contributed by atoms with E-state index in [9.17, 15) is 4.79 Å². The summed E-state index contributed by atoms with van der Waals surface area (Å²) in [5.74, 6) is -1.01. The molecule has 0 amide bonds. The van der Waals surface area contributed by atoms with Gasteiger partial charge >= 0.3 is 5.97 Å². The van der Waals surface area contributed by atoms with Crippen molar-refractivity contribution in [1.82, 2.24) is 0 Å². The molecule has 34 heavy (non-hydrogen) atoms. The van der Waals surface area contributed by atoms with E-state index in [0.717, 1.165) is 28.2 Å². The largest absolute Gasteiger partial charge is 0.478 e. The van der Waals surface area contributed by atoms with Crippen molar-refractivity contribution >= 4 is 40.8 Å². The molecule has 0 unspecified atom stereocenters. The molecule has 168 valence electrons. The van der Waals surface area contributed by atoms with Crippen LogP contribution in [-0.4, -0.2) is 11.1 Å². The quantitative estimate of drug-likeness (QED) is 0.231. The number of benzene rings is 4. The number of nitrogens with zero attached hydrogens (tertiary/aromatic N) is 1. The predicted molar refractivity (Wildman–Crippen MR) is 143 cm³/mol. The number of anilines is 3. The van der Waals surface area contributed by atoms with Gasteiger partial charge in [-0.2, -0.15) is 0 Å². The Morgan fingerprint density at radius 1 is 0.647 bits per heavy atom. The van der Waals surface area contributed by atoms with Crippen molar-refractivity contribution in [3.05, 3.63) is 131 Å². The van der Waals surface area contributed by atoms with E-state index < -0.39 is 5.97 Å². The molecule has 0 fully saturated rings. The molecule has 4 aromatic carbocycles. The van der Waals surface area contributed by atoms with E-state index in [-0.39, 0.29) is 5.57 Å². The molecule has 0 atom stereocenters. The molecule has 0 spiro atoms. The number of rotatable bonds is 7.